The van der Waals surface area contributed by atoms with E-state index in [1.807, 2.05) is 0 Å². The number of nitrogens with zero attached hydrogens (tertiary/aromatic N) is 1. The Kier molecular flexibility index (Phi) is 3.46. The predicted molar refractivity (Wildman–Crippen MR) is 74.7 cm³/mol. The largest absolute Gasteiger partial charge is 0.341 e. The first-order valence-electron chi connectivity index (χ1n) is 7.20. The Hall–Kier alpha value is -1.49. The quantitative estimate of drug-likeness (QED) is 0.905. The van der Waals surface area contributed by atoms with E-state index in [1.54, 1.807) is 0 Å². The van der Waals surface area contributed by atoms with E-state index in [0.29, 0.717) is 11.0 Å². The van der Waals surface area contributed by atoms with Crippen LogP contribution >= 0.6 is 0 Å². The molecule has 1 aliphatic heterocycles. The second-order valence-electron chi connectivity index (χ2n) is 5.68. The van der Waals surface area contributed by atoms with Crippen molar-refractivity contribution in [3.63, 3.8) is 0 Å². The lowest BCUT2D eigenvalue weighted by atomic mass is 9.76. The Labute approximate surface area is 116 Å². The molecule has 0 spiro atoms. The Balaban J connectivity index is 2.06. The molecule has 0 saturated carbocycles. The molecule has 1 aliphatic rings. The van der Waals surface area contributed by atoms with Crippen molar-refractivity contribution in [3.8, 4) is 0 Å². The number of benzene rings is 1. The summed E-state index contributed by atoms with van der Waals surface area (Å²) in [6.07, 6.45) is 4.23. The number of aromatic amines is 1. The summed E-state index contributed by atoms with van der Waals surface area (Å²) in [5, 5.41) is 3.42. The van der Waals surface area contributed by atoms with Crippen LogP contribution in [0.1, 0.15) is 38.4 Å². The summed E-state index contributed by atoms with van der Waals surface area (Å²) in [6.45, 7) is 4.04. The summed E-state index contributed by atoms with van der Waals surface area (Å²) in [5.74, 6) is -0.826. The lowest BCUT2D eigenvalue weighted by molar-refractivity contribution is 0.278. The molecular formula is C15H19F2N3. The van der Waals surface area contributed by atoms with Gasteiger partial charge in [0, 0.05) is 24.1 Å². The Morgan fingerprint density at radius 2 is 2.10 bits per heavy atom. The van der Waals surface area contributed by atoms with E-state index >= 15 is 0 Å². The van der Waals surface area contributed by atoms with Gasteiger partial charge in [0.25, 0.3) is 0 Å². The van der Waals surface area contributed by atoms with Crippen molar-refractivity contribution in [2.45, 2.75) is 38.0 Å². The predicted octanol–water partition coefficient (Wildman–Crippen LogP) is 3.26. The van der Waals surface area contributed by atoms with E-state index in [2.05, 4.69) is 22.2 Å². The number of hydrogen-bond acceptors (Lipinski definition) is 2. The summed E-state index contributed by atoms with van der Waals surface area (Å²) in [4.78, 5) is 7.73. The summed E-state index contributed by atoms with van der Waals surface area (Å²) >= 11 is 0. The van der Waals surface area contributed by atoms with E-state index in [0.717, 1.165) is 44.6 Å². The minimum Gasteiger partial charge on any atom is -0.341 e. The van der Waals surface area contributed by atoms with E-state index in [-0.39, 0.29) is 5.41 Å². The number of hydrogen-bond donors (Lipinski definition) is 2. The van der Waals surface area contributed by atoms with Gasteiger partial charge < -0.3 is 10.3 Å². The molecule has 1 aromatic carbocycles. The van der Waals surface area contributed by atoms with Gasteiger partial charge in [-0.15, -0.1) is 0 Å². The van der Waals surface area contributed by atoms with Crippen LogP contribution in [0, 0.1) is 11.6 Å². The van der Waals surface area contributed by atoms with Crippen LogP contribution in [0.5, 0.6) is 0 Å². The molecule has 108 valence electrons. The van der Waals surface area contributed by atoms with Gasteiger partial charge >= 0.3 is 0 Å². The molecule has 0 bridgehead atoms. The molecule has 0 amide bonds. The minimum absolute atomic E-state index is 0.0427. The molecule has 0 aliphatic carbocycles. The van der Waals surface area contributed by atoms with Gasteiger partial charge in [-0.05, 0) is 25.8 Å². The smallest absolute Gasteiger partial charge is 0.161 e. The first kappa shape index (κ1) is 13.5. The number of piperidine rings is 1. The Bertz CT molecular complexity index is 570. The monoisotopic (exact) mass is 279 g/mol. The van der Waals surface area contributed by atoms with Crippen molar-refractivity contribution in [2.75, 3.05) is 13.1 Å². The maximum absolute atomic E-state index is 13.3. The van der Waals surface area contributed by atoms with E-state index in [1.165, 1.54) is 12.1 Å². The summed E-state index contributed by atoms with van der Waals surface area (Å²) < 4.78 is 26.6. The Morgan fingerprint density at radius 1 is 1.30 bits per heavy atom. The molecule has 3 nitrogen and oxygen atoms in total. The summed E-state index contributed by atoms with van der Waals surface area (Å²) in [5.41, 5.74) is 1.03. The van der Waals surface area contributed by atoms with Crippen LogP contribution in [-0.2, 0) is 5.41 Å². The maximum Gasteiger partial charge on any atom is 0.161 e. The molecule has 1 aromatic heterocycles. The van der Waals surface area contributed by atoms with Crippen molar-refractivity contribution in [2.24, 2.45) is 0 Å². The van der Waals surface area contributed by atoms with Crippen LogP contribution in [0.4, 0.5) is 8.78 Å². The number of imidazole rings is 1. The van der Waals surface area contributed by atoms with E-state index in [4.69, 9.17) is 0 Å². The van der Waals surface area contributed by atoms with Gasteiger partial charge in [0.05, 0.1) is 11.0 Å². The topological polar surface area (TPSA) is 40.7 Å². The molecule has 1 saturated heterocycles. The second kappa shape index (κ2) is 5.13. The molecule has 2 heterocycles. The number of nitrogens with one attached hydrogen (secondary N) is 2. The van der Waals surface area contributed by atoms with Gasteiger partial charge in [-0.3, -0.25) is 0 Å². The van der Waals surface area contributed by atoms with Gasteiger partial charge in [0.2, 0.25) is 0 Å². The molecule has 2 N–H and O–H groups in total. The normalized spacial score (nSPS) is 23.4. The third-order valence-corrected chi connectivity index (χ3v) is 4.23. The van der Waals surface area contributed by atoms with Gasteiger partial charge in [0.15, 0.2) is 11.6 Å². The fourth-order valence-electron chi connectivity index (χ4n) is 3.24. The van der Waals surface area contributed by atoms with Crippen LogP contribution in [-0.4, -0.2) is 23.1 Å². The third-order valence-electron chi connectivity index (χ3n) is 4.23. The van der Waals surface area contributed by atoms with Crippen molar-refractivity contribution in [3.05, 3.63) is 29.6 Å². The van der Waals surface area contributed by atoms with Crippen LogP contribution in [0.25, 0.3) is 11.0 Å². The number of rotatable bonds is 3. The standard InChI is InChI=1S/C15H19F2N3/c1-2-4-15(5-3-6-18-9-15)14-19-12-7-10(16)11(17)8-13(12)20-14/h7-8,18H,2-6,9H2,1H3,(H,19,20). The maximum atomic E-state index is 13.3. The summed E-state index contributed by atoms with van der Waals surface area (Å²) in [6, 6.07) is 2.36. The van der Waals surface area contributed by atoms with Crippen molar-refractivity contribution in [1.82, 2.24) is 15.3 Å². The fourth-order valence-corrected chi connectivity index (χ4v) is 3.24. The first-order valence-corrected chi connectivity index (χ1v) is 7.20. The molecule has 5 heteroatoms. The van der Waals surface area contributed by atoms with Gasteiger partial charge in [-0.25, -0.2) is 13.8 Å². The van der Waals surface area contributed by atoms with Gasteiger partial charge in [-0.1, -0.05) is 13.3 Å². The lowest BCUT2D eigenvalue weighted by Crippen LogP contribution is -2.44. The molecule has 3 rings (SSSR count). The Morgan fingerprint density at radius 3 is 2.80 bits per heavy atom. The van der Waals surface area contributed by atoms with E-state index < -0.39 is 11.6 Å². The van der Waals surface area contributed by atoms with Crippen LogP contribution in [0.2, 0.25) is 0 Å². The number of H-pyrrole nitrogens is 1. The highest BCUT2D eigenvalue weighted by Crippen LogP contribution is 2.35. The number of fused-ring (bicyclic) bond motifs is 1. The van der Waals surface area contributed by atoms with Gasteiger partial charge in [-0.2, -0.15) is 0 Å². The van der Waals surface area contributed by atoms with E-state index in [9.17, 15) is 8.78 Å². The van der Waals surface area contributed by atoms with Crippen molar-refractivity contribution < 1.29 is 8.78 Å². The third kappa shape index (κ3) is 2.20. The van der Waals surface area contributed by atoms with Crippen LogP contribution in [0.15, 0.2) is 12.1 Å². The van der Waals surface area contributed by atoms with Crippen molar-refractivity contribution in [1.29, 1.82) is 0 Å². The molecule has 2 aromatic rings. The highest BCUT2D eigenvalue weighted by molar-refractivity contribution is 5.75. The van der Waals surface area contributed by atoms with Crippen LogP contribution in [0.3, 0.4) is 0 Å². The van der Waals surface area contributed by atoms with Gasteiger partial charge in [0.1, 0.15) is 5.82 Å². The zero-order valence-corrected chi connectivity index (χ0v) is 11.6. The summed E-state index contributed by atoms with van der Waals surface area (Å²) in [7, 11) is 0. The highest BCUT2D eigenvalue weighted by atomic mass is 19.2. The zero-order chi connectivity index (χ0) is 14.2. The van der Waals surface area contributed by atoms with Crippen molar-refractivity contribution >= 4 is 11.0 Å². The molecular weight excluding hydrogens is 260 g/mol. The molecule has 1 fully saturated rings. The highest BCUT2D eigenvalue weighted by Gasteiger charge is 2.36. The molecule has 1 unspecified atom stereocenters. The average molecular weight is 279 g/mol. The fraction of sp³-hybridized carbons (Fsp3) is 0.533. The number of halogens is 2. The lowest BCUT2D eigenvalue weighted by Gasteiger charge is -2.36. The molecule has 20 heavy (non-hydrogen) atoms. The second-order valence-corrected chi connectivity index (χ2v) is 5.68. The molecule has 1 atom stereocenters. The zero-order valence-electron chi connectivity index (χ0n) is 11.6. The first-order chi connectivity index (χ1) is 9.64. The average Bonchev–Trinajstić information content (AvgIpc) is 2.84. The number of aromatic nitrogens is 2. The SMILES string of the molecule is CCCC1(c2nc3cc(F)c(F)cc3[nH]2)CCCNC1. The van der Waals surface area contributed by atoms with Crippen LogP contribution < -0.4 is 5.32 Å². The minimum atomic E-state index is -0.845. The molecule has 0 radical (unpaired) electrons.